The van der Waals surface area contributed by atoms with Crippen LogP contribution in [-0.2, 0) is 24.4 Å². The van der Waals surface area contributed by atoms with Gasteiger partial charge in [-0.1, -0.05) is 42.8 Å². The number of amides is 1. The summed E-state index contributed by atoms with van der Waals surface area (Å²) in [5.74, 6) is -0.840. The summed E-state index contributed by atoms with van der Waals surface area (Å²) in [5.41, 5.74) is 7.27. The second-order valence-electron chi connectivity index (χ2n) is 9.56. The molecule has 0 unspecified atom stereocenters. The molecule has 3 N–H and O–H groups in total. The van der Waals surface area contributed by atoms with E-state index in [2.05, 4.69) is 10.3 Å². The molecule has 10 heteroatoms. The number of hydrogen-bond acceptors (Lipinski definition) is 7. The summed E-state index contributed by atoms with van der Waals surface area (Å²) in [5, 5.41) is 2.93. The van der Waals surface area contributed by atoms with Gasteiger partial charge in [0.25, 0.3) is 5.56 Å². The molecule has 1 aromatic carbocycles. The van der Waals surface area contributed by atoms with Crippen molar-refractivity contribution in [1.29, 1.82) is 0 Å². The third kappa shape index (κ3) is 5.91. The van der Waals surface area contributed by atoms with E-state index in [0.29, 0.717) is 13.0 Å². The lowest BCUT2D eigenvalue weighted by Crippen LogP contribution is -2.52. The topological polar surface area (TPSA) is 132 Å². The summed E-state index contributed by atoms with van der Waals surface area (Å²) >= 11 is 0. The maximum Gasteiger partial charge on any atom is 0.332 e. The van der Waals surface area contributed by atoms with Gasteiger partial charge in [0.15, 0.2) is 5.78 Å². The Balaban J connectivity index is 1.57. The average Bonchev–Trinajstić information content (AvgIpc) is 2.91. The molecule has 3 aromatic rings. The minimum atomic E-state index is -0.701. The van der Waals surface area contributed by atoms with E-state index in [9.17, 15) is 19.2 Å². The fourth-order valence-corrected chi connectivity index (χ4v) is 4.91. The third-order valence-electron chi connectivity index (χ3n) is 6.90. The first-order valence-electron chi connectivity index (χ1n) is 12.9. The van der Waals surface area contributed by atoms with Crippen molar-refractivity contribution in [3.8, 4) is 0 Å². The highest BCUT2D eigenvalue weighted by atomic mass is 16.2. The highest BCUT2D eigenvalue weighted by Crippen LogP contribution is 2.19. The number of benzene rings is 1. The maximum absolute atomic E-state index is 13.5. The number of nitrogens with two attached hydrogens (primary N) is 1. The predicted molar refractivity (Wildman–Crippen MR) is 145 cm³/mol. The molecule has 200 valence electrons. The van der Waals surface area contributed by atoms with Crippen molar-refractivity contribution in [2.45, 2.75) is 58.8 Å². The van der Waals surface area contributed by atoms with E-state index < -0.39 is 23.1 Å². The van der Waals surface area contributed by atoms with Crippen LogP contribution >= 0.6 is 0 Å². The quantitative estimate of drug-likeness (QED) is 0.412. The van der Waals surface area contributed by atoms with Gasteiger partial charge in [0.05, 0.1) is 31.4 Å². The Hall–Kier alpha value is -4.05. The Bertz CT molecular complexity index is 1430. The number of carbonyl (C=O) groups is 2. The molecule has 0 saturated carbocycles. The zero-order valence-corrected chi connectivity index (χ0v) is 21.9. The normalized spacial score (nSPS) is 15.8. The Labute approximate surface area is 221 Å². The SMILES string of the molecule is CCn1c(=O)c(C(=O)CN2CCCC[C@@H]2C(=O)NCc2cccc(C)n2)c(N)n(Cc2ccccc2)c1=O. The number of nitrogens with zero attached hydrogens (tertiary/aromatic N) is 4. The molecular weight excluding hydrogens is 484 g/mol. The zero-order valence-electron chi connectivity index (χ0n) is 21.9. The molecule has 0 radical (unpaired) electrons. The van der Waals surface area contributed by atoms with Crippen LogP contribution in [0.2, 0.25) is 0 Å². The molecule has 1 aliphatic rings. The number of aromatic nitrogens is 3. The van der Waals surface area contributed by atoms with Gasteiger partial charge in [-0.05, 0) is 50.9 Å². The van der Waals surface area contributed by atoms with Crippen molar-refractivity contribution in [2.75, 3.05) is 18.8 Å². The Morgan fingerprint density at radius 2 is 1.82 bits per heavy atom. The Kier molecular flexibility index (Phi) is 8.52. The van der Waals surface area contributed by atoms with E-state index in [4.69, 9.17) is 5.73 Å². The van der Waals surface area contributed by atoms with Crippen molar-refractivity contribution in [1.82, 2.24) is 24.3 Å². The standard InChI is InChI=1S/C28H34N6O4/c1-3-33-27(37)24(25(29)34(28(33)38)17-20-11-5-4-6-12-20)23(35)18-32-15-8-7-14-22(32)26(36)30-16-21-13-9-10-19(2)31-21/h4-6,9-13,22H,3,7-8,14-18,29H2,1-2H3,(H,30,36)/t22-/m1/s1. The first-order valence-corrected chi connectivity index (χ1v) is 12.9. The lowest BCUT2D eigenvalue weighted by Gasteiger charge is -2.34. The molecule has 1 saturated heterocycles. The number of likely N-dealkylation sites (tertiary alicyclic amines) is 1. The molecule has 1 atom stereocenters. The monoisotopic (exact) mass is 518 g/mol. The number of aryl methyl sites for hydroxylation is 1. The number of anilines is 1. The van der Waals surface area contributed by atoms with Crippen molar-refractivity contribution in [3.05, 3.63) is 91.9 Å². The number of piperidine rings is 1. The molecule has 10 nitrogen and oxygen atoms in total. The van der Waals surface area contributed by atoms with E-state index in [1.807, 2.05) is 55.5 Å². The summed E-state index contributed by atoms with van der Waals surface area (Å²) in [7, 11) is 0. The number of rotatable bonds is 9. The molecule has 4 rings (SSSR count). The summed E-state index contributed by atoms with van der Waals surface area (Å²) in [6.45, 7) is 4.49. The number of ketones is 1. The van der Waals surface area contributed by atoms with Crippen molar-refractivity contribution >= 4 is 17.5 Å². The van der Waals surface area contributed by atoms with E-state index in [-0.39, 0.29) is 43.5 Å². The van der Waals surface area contributed by atoms with Gasteiger partial charge >= 0.3 is 5.69 Å². The maximum atomic E-state index is 13.5. The van der Waals surface area contributed by atoms with Crippen LogP contribution in [0.4, 0.5) is 5.82 Å². The molecule has 1 aliphatic heterocycles. The van der Waals surface area contributed by atoms with Gasteiger partial charge < -0.3 is 11.1 Å². The van der Waals surface area contributed by atoms with Crippen LogP contribution in [-0.4, -0.2) is 49.8 Å². The van der Waals surface area contributed by atoms with Gasteiger partial charge in [0.2, 0.25) is 5.91 Å². The molecule has 0 spiro atoms. The summed E-state index contributed by atoms with van der Waals surface area (Å²) in [6.07, 6.45) is 2.29. The highest BCUT2D eigenvalue weighted by molar-refractivity contribution is 6.01. The summed E-state index contributed by atoms with van der Waals surface area (Å²) in [4.78, 5) is 59.0. The van der Waals surface area contributed by atoms with Crippen LogP contribution in [0.3, 0.4) is 0 Å². The molecule has 3 heterocycles. The molecule has 2 aromatic heterocycles. The van der Waals surface area contributed by atoms with Crippen LogP contribution in [0.1, 0.15) is 53.5 Å². The minimum absolute atomic E-state index is 0.106. The first-order chi connectivity index (χ1) is 18.3. The molecular formula is C28H34N6O4. The van der Waals surface area contributed by atoms with E-state index in [0.717, 1.165) is 34.4 Å². The number of nitrogens with one attached hydrogen (secondary N) is 1. The average molecular weight is 519 g/mol. The van der Waals surface area contributed by atoms with Crippen molar-refractivity contribution < 1.29 is 9.59 Å². The smallest absolute Gasteiger partial charge is 0.332 e. The van der Waals surface area contributed by atoms with Crippen LogP contribution < -0.4 is 22.3 Å². The summed E-state index contributed by atoms with van der Waals surface area (Å²) < 4.78 is 2.30. The van der Waals surface area contributed by atoms with Gasteiger partial charge in [-0.2, -0.15) is 0 Å². The summed E-state index contributed by atoms with van der Waals surface area (Å²) in [6, 6.07) is 14.4. The van der Waals surface area contributed by atoms with Gasteiger partial charge in [-0.15, -0.1) is 0 Å². The minimum Gasteiger partial charge on any atom is -0.384 e. The molecule has 38 heavy (non-hydrogen) atoms. The first kappa shape index (κ1) is 27.0. The second-order valence-corrected chi connectivity index (χ2v) is 9.56. The number of pyridine rings is 1. The van der Waals surface area contributed by atoms with Crippen LogP contribution in [0, 0.1) is 6.92 Å². The highest BCUT2D eigenvalue weighted by Gasteiger charge is 2.32. The third-order valence-corrected chi connectivity index (χ3v) is 6.90. The van der Waals surface area contributed by atoms with Gasteiger partial charge in [0, 0.05) is 12.2 Å². The van der Waals surface area contributed by atoms with Crippen LogP contribution in [0.25, 0.3) is 0 Å². The van der Waals surface area contributed by atoms with Crippen LogP contribution in [0.15, 0.2) is 58.1 Å². The number of Topliss-reactive ketones (excluding diaryl/α,β-unsaturated/α-hetero) is 1. The molecule has 0 aliphatic carbocycles. The van der Waals surface area contributed by atoms with Crippen molar-refractivity contribution in [3.63, 3.8) is 0 Å². The molecule has 1 amide bonds. The molecule has 0 bridgehead atoms. The molecule has 1 fully saturated rings. The number of carbonyl (C=O) groups excluding carboxylic acids is 2. The van der Waals surface area contributed by atoms with E-state index in [1.165, 1.54) is 4.57 Å². The van der Waals surface area contributed by atoms with Crippen molar-refractivity contribution in [2.24, 2.45) is 0 Å². The van der Waals surface area contributed by atoms with Gasteiger partial charge in [0.1, 0.15) is 11.4 Å². The van der Waals surface area contributed by atoms with Gasteiger partial charge in [-0.3, -0.25) is 33.4 Å². The second kappa shape index (κ2) is 12.0. The zero-order chi connectivity index (χ0) is 27.2. The lowest BCUT2D eigenvalue weighted by atomic mass is 10.00. The predicted octanol–water partition coefficient (Wildman–Crippen LogP) is 1.72. The van der Waals surface area contributed by atoms with E-state index in [1.54, 1.807) is 11.8 Å². The fourth-order valence-electron chi connectivity index (χ4n) is 4.91. The van der Waals surface area contributed by atoms with E-state index >= 15 is 0 Å². The van der Waals surface area contributed by atoms with Crippen LogP contribution in [0.5, 0.6) is 0 Å². The van der Waals surface area contributed by atoms with Gasteiger partial charge in [-0.25, -0.2) is 4.79 Å². The number of hydrogen-bond donors (Lipinski definition) is 2. The Morgan fingerprint density at radius 3 is 2.53 bits per heavy atom. The lowest BCUT2D eigenvalue weighted by molar-refractivity contribution is -0.127. The fraction of sp³-hybridized carbons (Fsp3) is 0.393. The Morgan fingerprint density at radius 1 is 1.05 bits per heavy atom. The largest absolute Gasteiger partial charge is 0.384 e. The number of nitrogen functional groups attached to an aromatic ring is 1.